The monoisotopic (exact) mass is 365 g/mol. The van der Waals surface area contributed by atoms with Gasteiger partial charge in [-0.3, -0.25) is 9.59 Å². The van der Waals surface area contributed by atoms with Gasteiger partial charge in [0.25, 0.3) is 0 Å². The maximum absolute atomic E-state index is 12.4. The van der Waals surface area contributed by atoms with Crippen molar-refractivity contribution in [3.63, 3.8) is 0 Å². The van der Waals surface area contributed by atoms with Crippen LogP contribution in [0, 0.1) is 0 Å². The smallest absolute Gasteiger partial charge is 0.307 e. The van der Waals surface area contributed by atoms with Gasteiger partial charge in [0.2, 0.25) is 5.91 Å². The van der Waals surface area contributed by atoms with Crippen LogP contribution in [0.4, 0.5) is 0 Å². The number of rotatable bonds is 13. The van der Waals surface area contributed by atoms with Crippen LogP contribution in [-0.2, 0) is 14.3 Å². The first-order valence-electron chi connectivity index (χ1n) is 9.22. The molecule has 0 aromatic heterocycles. The largest absolute Gasteiger partial charge is 0.497 e. The van der Waals surface area contributed by atoms with Crippen molar-refractivity contribution in [3.8, 4) is 11.5 Å². The fourth-order valence-corrected chi connectivity index (χ4v) is 2.49. The van der Waals surface area contributed by atoms with Crippen LogP contribution in [0.5, 0.6) is 11.5 Å². The Morgan fingerprint density at radius 1 is 0.923 bits per heavy atom. The van der Waals surface area contributed by atoms with Gasteiger partial charge in [-0.25, -0.2) is 0 Å². The number of hydrogen-bond donors (Lipinski definition) is 0. The molecule has 6 nitrogen and oxygen atoms in total. The zero-order valence-corrected chi connectivity index (χ0v) is 16.2. The van der Waals surface area contributed by atoms with Gasteiger partial charge in [-0.15, -0.1) is 0 Å². The second kappa shape index (κ2) is 13.0. The molecular weight excluding hydrogens is 334 g/mol. The van der Waals surface area contributed by atoms with Crippen molar-refractivity contribution in [2.75, 3.05) is 33.9 Å². The number of ether oxygens (including phenoxy) is 3. The number of esters is 1. The Bertz CT molecular complexity index is 530. The Morgan fingerprint density at radius 3 is 2.23 bits per heavy atom. The second-order valence-corrected chi connectivity index (χ2v) is 6.04. The van der Waals surface area contributed by atoms with Gasteiger partial charge in [-0.05, 0) is 37.1 Å². The Labute approximate surface area is 156 Å². The van der Waals surface area contributed by atoms with E-state index in [0.717, 1.165) is 30.8 Å². The maximum Gasteiger partial charge on any atom is 0.307 e. The van der Waals surface area contributed by atoms with E-state index in [1.807, 2.05) is 24.3 Å². The van der Waals surface area contributed by atoms with Crippen LogP contribution in [-0.4, -0.2) is 50.7 Å². The van der Waals surface area contributed by atoms with Crippen LogP contribution in [0.1, 0.15) is 45.4 Å². The molecule has 1 aromatic rings. The predicted molar refractivity (Wildman–Crippen MR) is 100 cm³/mol. The van der Waals surface area contributed by atoms with Crippen LogP contribution in [0.15, 0.2) is 24.3 Å². The van der Waals surface area contributed by atoms with Gasteiger partial charge in [0.15, 0.2) is 0 Å². The van der Waals surface area contributed by atoms with Crippen molar-refractivity contribution >= 4 is 11.9 Å². The van der Waals surface area contributed by atoms with Crippen molar-refractivity contribution < 1.29 is 23.8 Å². The number of methoxy groups -OCH3 is 2. The normalized spacial score (nSPS) is 10.3. The molecule has 0 N–H and O–H groups in total. The fraction of sp³-hybridized carbons (Fsp3) is 0.600. The lowest BCUT2D eigenvalue weighted by Gasteiger charge is -2.22. The molecule has 0 heterocycles. The summed E-state index contributed by atoms with van der Waals surface area (Å²) in [6, 6.07) is 7.35. The quantitative estimate of drug-likeness (QED) is 0.396. The number of unbranched alkanes of at least 4 members (excludes halogenated alkanes) is 2. The minimum Gasteiger partial charge on any atom is -0.497 e. The minimum absolute atomic E-state index is 0.0586. The first-order valence-corrected chi connectivity index (χ1v) is 9.22. The Morgan fingerprint density at radius 2 is 1.62 bits per heavy atom. The molecule has 0 unspecified atom stereocenters. The SMILES string of the molecule is CCCCCN(CCC(=O)OC)C(=O)CCCOc1ccc(OC)cc1. The van der Waals surface area contributed by atoms with Gasteiger partial charge in [-0.2, -0.15) is 0 Å². The number of carbonyl (C=O) groups is 2. The third-order valence-corrected chi connectivity index (χ3v) is 4.06. The van der Waals surface area contributed by atoms with E-state index in [0.29, 0.717) is 32.5 Å². The van der Waals surface area contributed by atoms with Crippen LogP contribution < -0.4 is 9.47 Å². The molecule has 1 rings (SSSR count). The second-order valence-electron chi connectivity index (χ2n) is 6.04. The molecule has 26 heavy (non-hydrogen) atoms. The van der Waals surface area contributed by atoms with Crippen LogP contribution >= 0.6 is 0 Å². The molecule has 0 aliphatic heterocycles. The van der Waals surface area contributed by atoms with E-state index in [9.17, 15) is 9.59 Å². The average Bonchev–Trinajstić information content (AvgIpc) is 2.67. The summed E-state index contributed by atoms with van der Waals surface area (Å²) in [5, 5.41) is 0. The number of nitrogens with zero attached hydrogens (tertiary/aromatic N) is 1. The highest BCUT2D eigenvalue weighted by atomic mass is 16.5. The molecule has 0 radical (unpaired) electrons. The molecular formula is C20H31NO5. The lowest BCUT2D eigenvalue weighted by atomic mass is 10.2. The van der Waals surface area contributed by atoms with Gasteiger partial charge >= 0.3 is 5.97 Å². The minimum atomic E-state index is -0.291. The Hall–Kier alpha value is -2.24. The lowest BCUT2D eigenvalue weighted by Crippen LogP contribution is -2.34. The Kier molecular flexibility index (Phi) is 10.9. The molecule has 0 aliphatic rings. The van der Waals surface area contributed by atoms with E-state index in [-0.39, 0.29) is 18.3 Å². The molecule has 6 heteroatoms. The van der Waals surface area contributed by atoms with E-state index >= 15 is 0 Å². The molecule has 1 amide bonds. The predicted octanol–water partition coefficient (Wildman–Crippen LogP) is 3.44. The first kappa shape index (κ1) is 21.8. The topological polar surface area (TPSA) is 65.1 Å². The first-order chi connectivity index (χ1) is 12.6. The summed E-state index contributed by atoms with van der Waals surface area (Å²) in [7, 11) is 2.98. The van der Waals surface area contributed by atoms with Crippen LogP contribution in [0.2, 0.25) is 0 Å². The van der Waals surface area contributed by atoms with Gasteiger partial charge in [-0.1, -0.05) is 19.8 Å². The Balaban J connectivity index is 2.36. The molecule has 0 saturated heterocycles. The lowest BCUT2D eigenvalue weighted by molar-refractivity contribution is -0.141. The molecule has 0 bridgehead atoms. The van der Waals surface area contributed by atoms with Crippen LogP contribution in [0.25, 0.3) is 0 Å². The summed E-state index contributed by atoms with van der Waals surface area (Å²) in [6.45, 7) is 3.69. The highest BCUT2D eigenvalue weighted by molar-refractivity contribution is 5.77. The maximum atomic E-state index is 12.4. The van der Waals surface area contributed by atoms with Crippen LogP contribution in [0.3, 0.4) is 0 Å². The van der Waals surface area contributed by atoms with Crippen molar-refractivity contribution in [2.45, 2.75) is 45.4 Å². The van der Waals surface area contributed by atoms with E-state index < -0.39 is 0 Å². The van der Waals surface area contributed by atoms with Crippen molar-refractivity contribution in [2.24, 2.45) is 0 Å². The average molecular weight is 365 g/mol. The van der Waals surface area contributed by atoms with Crippen molar-refractivity contribution in [1.29, 1.82) is 0 Å². The summed E-state index contributed by atoms with van der Waals surface area (Å²) < 4.78 is 15.4. The fourth-order valence-electron chi connectivity index (χ4n) is 2.49. The third-order valence-electron chi connectivity index (χ3n) is 4.06. The highest BCUT2D eigenvalue weighted by Crippen LogP contribution is 2.17. The molecule has 0 atom stereocenters. The van der Waals surface area contributed by atoms with Crippen molar-refractivity contribution in [3.05, 3.63) is 24.3 Å². The zero-order chi connectivity index (χ0) is 19.2. The summed E-state index contributed by atoms with van der Waals surface area (Å²) in [4.78, 5) is 25.5. The molecule has 0 aliphatic carbocycles. The molecule has 1 aromatic carbocycles. The zero-order valence-electron chi connectivity index (χ0n) is 16.2. The summed E-state index contributed by atoms with van der Waals surface area (Å²) in [5.74, 6) is 1.30. The number of benzene rings is 1. The van der Waals surface area contributed by atoms with E-state index in [1.54, 1.807) is 12.0 Å². The number of hydrogen-bond acceptors (Lipinski definition) is 5. The third kappa shape index (κ3) is 8.74. The van der Waals surface area contributed by atoms with E-state index in [1.165, 1.54) is 7.11 Å². The molecule has 0 saturated carbocycles. The molecule has 0 spiro atoms. The van der Waals surface area contributed by atoms with Gasteiger partial charge in [0.05, 0.1) is 27.2 Å². The summed E-state index contributed by atoms with van der Waals surface area (Å²) >= 11 is 0. The van der Waals surface area contributed by atoms with Crippen molar-refractivity contribution in [1.82, 2.24) is 4.90 Å². The number of carbonyl (C=O) groups excluding carboxylic acids is 2. The van der Waals surface area contributed by atoms with Gasteiger partial charge < -0.3 is 19.1 Å². The number of amides is 1. The van der Waals surface area contributed by atoms with Gasteiger partial charge in [0.1, 0.15) is 11.5 Å². The summed E-state index contributed by atoms with van der Waals surface area (Å²) in [6.07, 6.45) is 4.39. The van der Waals surface area contributed by atoms with E-state index in [2.05, 4.69) is 11.7 Å². The van der Waals surface area contributed by atoms with E-state index in [4.69, 9.17) is 9.47 Å². The molecule has 0 fully saturated rings. The molecule has 146 valence electrons. The summed E-state index contributed by atoms with van der Waals surface area (Å²) in [5.41, 5.74) is 0. The van der Waals surface area contributed by atoms with Gasteiger partial charge in [0, 0.05) is 19.5 Å². The standard InChI is InChI=1S/C20H31NO5/c1-4-5-6-14-21(15-13-20(23)25-3)19(22)8-7-16-26-18-11-9-17(24-2)10-12-18/h9-12H,4-8,13-16H2,1-3H3. The highest BCUT2D eigenvalue weighted by Gasteiger charge is 2.14.